The Balaban J connectivity index is 4.33. The van der Waals surface area contributed by atoms with Gasteiger partial charge >= 0.3 is 0 Å². The third kappa shape index (κ3) is 7.34. The molecule has 0 radical (unpaired) electrons. The molecule has 3 heteroatoms. The second-order valence-electron chi connectivity index (χ2n) is 5.90. The van der Waals surface area contributed by atoms with Gasteiger partial charge in [0.25, 0.3) is 0 Å². The van der Waals surface area contributed by atoms with Crippen LogP contribution in [0.2, 0.25) is 0 Å². The lowest BCUT2D eigenvalue weighted by Gasteiger charge is -2.37. The third-order valence-electron chi connectivity index (χ3n) is 3.73. The fraction of sp³-hybridized carbons (Fsp3) is 1.00. The summed E-state index contributed by atoms with van der Waals surface area (Å²) in [7, 11) is 1.78. The summed E-state index contributed by atoms with van der Waals surface area (Å²) in [6.45, 7) is 16.6. The van der Waals surface area contributed by atoms with Crippen LogP contribution in [-0.4, -0.2) is 50.8 Å². The highest BCUT2D eigenvalue weighted by Crippen LogP contribution is 2.22. The van der Waals surface area contributed by atoms with Crippen LogP contribution in [0.15, 0.2) is 0 Å². The van der Waals surface area contributed by atoms with Crippen molar-refractivity contribution in [3.05, 3.63) is 0 Å². The van der Waals surface area contributed by atoms with Gasteiger partial charge in [0, 0.05) is 32.8 Å². The third-order valence-corrected chi connectivity index (χ3v) is 3.73. The smallest absolute Gasteiger partial charge is 0.0589 e. The van der Waals surface area contributed by atoms with Gasteiger partial charge in [0.1, 0.15) is 0 Å². The van der Waals surface area contributed by atoms with Crippen LogP contribution in [0.3, 0.4) is 0 Å². The van der Waals surface area contributed by atoms with Crippen LogP contribution in [-0.2, 0) is 4.74 Å². The highest BCUT2D eigenvalue weighted by atomic mass is 16.5. The summed E-state index contributed by atoms with van der Waals surface area (Å²) < 4.78 is 5.21. The lowest BCUT2D eigenvalue weighted by atomic mass is 9.86. The number of ether oxygens (including phenoxy) is 1. The van der Waals surface area contributed by atoms with Crippen LogP contribution in [0.4, 0.5) is 0 Å². The quantitative estimate of drug-likeness (QED) is 0.577. The molecule has 0 fully saturated rings. The molecule has 0 aromatic heterocycles. The molecule has 0 aromatic rings. The number of rotatable bonds is 11. The lowest BCUT2D eigenvalue weighted by molar-refractivity contribution is 0.0879. The van der Waals surface area contributed by atoms with E-state index in [1.54, 1.807) is 7.11 Å². The number of nitrogens with one attached hydrogen (secondary N) is 1. The second-order valence-corrected chi connectivity index (χ2v) is 5.90. The first kappa shape index (κ1) is 17.9. The minimum absolute atomic E-state index is 0.354. The van der Waals surface area contributed by atoms with Crippen LogP contribution in [0.1, 0.15) is 47.5 Å². The SMILES string of the molecule is CCCNCC(C)(CC)CN(CCOC)C(C)C. The monoisotopic (exact) mass is 258 g/mol. The van der Waals surface area contributed by atoms with Crippen molar-refractivity contribution >= 4 is 0 Å². The normalized spacial score (nSPS) is 15.3. The zero-order valence-electron chi connectivity index (χ0n) is 13.4. The van der Waals surface area contributed by atoms with E-state index in [-0.39, 0.29) is 0 Å². The fourth-order valence-corrected chi connectivity index (χ4v) is 2.08. The van der Waals surface area contributed by atoms with Crippen LogP contribution >= 0.6 is 0 Å². The predicted octanol–water partition coefficient (Wildman–Crippen LogP) is 2.76. The first-order valence-corrected chi connectivity index (χ1v) is 7.42. The maximum atomic E-state index is 5.21. The van der Waals surface area contributed by atoms with E-state index in [2.05, 4.69) is 44.8 Å². The fourth-order valence-electron chi connectivity index (χ4n) is 2.08. The van der Waals surface area contributed by atoms with Gasteiger partial charge in [-0.05, 0) is 38.6 Å². The Morgan fingerprint density at radius 3 is 2.39 bits per heavy atom. The molecule has 0 aliphatic heterocycles. The van der Waals surface area contributed by atoms with Gasteiger partial charge in [0.15, 0.2) is 0 Å². The Morgan fingerprint density at radius 2 is 1.94 bits per heavy atom. The van der Waals surface area contributed by atoms with Gasteiger partial charge in [-0.25, -0.2) is 0 Å². The Kier molecular flexibility index (Phi) is 9.70. The Labute approximate surface area is 114 Å². The summed E-state index contributed by atoms with van der Waals surface area (Å²) in [4.78, 5) is 2.53. The van der Waals surface area contributed by atoms with E-state index >= 15 is 0 Å². The average Bonchev–Trinajstić information content (AvgIpc) is 2.34. The highest BCUT2D eigenvalue weighted by Gasteiger charge is 2.25. The van der Waals surface area contributed by atoms with Crippen molar-refractivity contribution in [1.82, 2.24) is 10.2 Å². The molecule has 1 N–H and O–H groups in total. The van der Waals surface area contributed by atoms with Gasteiger partial charge in [-0.3, -0.25) is 4.90 Å². The van der Waals surface area contributed by atoms with Crippen molar-refractivity contribution in [2.45, 2.75) is 53.5 Å². The molecule has 0 spiro atoms. The van der Waals surface area contributed by atoms with E-state index in [0.717, 1.165) is 32.8 Å². The predicted molar refractivity (Wildman–Crippen MR) is 80.1 cm³/mol. The Hall–Kier alpha value is -0.120. The number of hydrogen-bond donors (Lipinski definition) is 1. The number of nitrogens with zero attached hydrogens (tertiary/aromatic N) is 1. The molecule has 18 heavy (non-hydrogen) atoms. The van der Waals surface area contributed by atoms with E-state index in [4.69, 9.17) is 4.74 Å². The summed E-state index contributed by atoms with van der Waals surface area (Å²) in [6.07, 6.45) is 2.41. The minimum atomic E-state index is 0.354. The molecule has 0 bridgehead atoms. The average molecular weight is 258 g/mol. The van der Waals surface area contributed by atoms with Crippen molar-refractivity contribution in [2.75, 3.05) is 39.9 Å². The maximum Gasteiger partial charge on any atom is 0.0589 e. The van der Waals surface area contributed by atoms with Crippen molar-refractivity contribution in [3.63, 3.8) is 0 Å². The summed E-state index contributed by atoms with van der Waals surface area (Å²) in [5, 5.41) is 3.57. The first-order valence-electron chi connectivity index (χ1n) is 7.42. The second kappa shape index (κ2) is 9.76. The summed E-state index contributed by atoms with van der Waals surface area (Å²) in [6, 6.07) is 0.581. The molecule has 0 rings (SSSR count). The topological polar surface area (TPSA) is 24.5 Å². The van der Waals surface area contributed by atoms with Gasteiger partial charge < -0.3 is 10.1 Å². The van der Waals surface area contributed by atoms with Crippen LogP contribution < -0.4 is 5.32 Å². The van der Waals surface area contributed by atoms with Crippen LogP contribution in [0.25, 0.3) is 0 Å². The molecule has 3 nitrogen and oxygen atoms in total. The van der Waals surface area contributed by atoms with Crippen molar-refractivity contribution in [2.24, 2.45) is 5.41 Å². The molecule has 0 amide bonds. The van der Waals surface area contributed by atoms with E-state index in [1.165, 1.54) is 12.8 Å². The van der Waals surface area contributed by atoms with E-state index in [9.17, 15) is 0 Å². The molecule has 0 aliphatic rings. The zero-order valence-corrected chi connectivity index (χ0v) is 13.4. The molecule has 0 saturated heterocycles. The van der Waals surface area contributed by atoms with Gasteiger partial charge in [0.2, 0.25) is 0 Å². The maximum absolute atomic E-state index is 5.21. The minimum Gasteiger partial charge on any atom is -0.383 e. The van der Waals surface area contributed by atoms with Gasteiger partial charge in [-0.2, -0.15) is 0 Å². The summed E-state index contributed by atoms with van der Waals surface area (Å²) in [5.74, 6) is 0. The van der Waals surface area contributed by atoms with Gasteiger partial charge in [-0.1, -0.05) is 20.8 Å². The largest absolute Gasteiger partial charge is 0.383 e. The molecule has 1 unspecified atom stereocenters. The van der Waals surface area contributed by atoms with E-state index < -0.39 is 0 Å². The highest BCUT2D eigenvalue weighted by molar-refractivity contribution is 4.81. The zero-order chi connectivity index (χ0) is 14.0. The number of hydrogen-bond acceptors (Lipinski definition) is 3. The van der Waals surface area contributed by atoms with Crippen molar-refractivity contribution in [1.29, 1.82) is 0 Å². The molecule has 0 saturated carbocycles. The van der Waals surface area contributed by atoms with E-state index in [1.807, 2.05) is 0 Å². The molecule has 0 aromatic carbocycles. The van der Waals surface area contributed by atoms with Crippen molar-refractivity contribution < 1.29 is 4.74 Å². The first-order chi connectivity index (χ1) is 8.49. The van der Waals surface area contributed by atoms with Crippen LogP contribution in [0, 0.1) is 5.41 Å². The van der Waals surface area contributed by atoms with Gasteiger partial charge in [-0.15, -0.1) is 0 Å². The summed E-state index contributed by atoms with van der Waals surface area (Å²) in [5.41, 5.74) is 0.354. The standard InChI is InChI=1S/C15H34N2O/c1-7-9-16-12-15(5,8-2)13-17(14(3)4)10-11-18-6/h14,16H,7-13H2,1-6H3. The Morgan fingerprint density at radius 1 is 1.28 bits per heavy atom. The van der Waals surface area contributed by atoms with E-state index in [0.29, 0.717) is 11.5 Å². The molecule has 1 atom stereocenters. The molecular weight excluding hydrogens is 224 g/mol. The molecular formula is C15H34N2O. The summed E-state index contributed by atoms with van der Waals surface area (Å²) >= 11 is 0. The van der Waals surface area contributed by atoms with Crippen LogP contribution in [0.5, 0.6) is 0 Å². The molecule has 110 valence electrons. The lowest BCUT2D eigenvalue weighted by Crippen LogP contribution is -2.45. The molecule has 0 heterocycles. The van der Waals surface area contributed by atoms with Crippen molar-refractivity contribution in [3.8, 4) is 0 Å². The van der Waals surface area contributed by atoms with Gasteiger partial charge in [0.05, 0.1) is 6.61 Å². The molecule has 0 aliphatic carbocycles. The Bertz CT molecular complexity index is 197. The number of methoxy groups -OCH3 is 1.